The third kappa shape index (κ3) is 1.98. The maximum Gasteiger partial charge on any atom is 0.0725 e. The van der Waals surface area contributed by atoms with Gasteiger partial charge in [-0.05, 0) is 47.0 Å². The van der Waals surface area contributed by atoms with Gasteiger partial charge in [-0.15, -0.1) is 0 Å². The van der Waals surface area contributed by atoms with Crippen molar-refractivity contribution in [2.24, 2.45) is 0 Å². The lowest BCUT2D eigenvalue weighted by molar-refractivity contribution is 0.661. The van der Waals surface area contributed by atoms with Crippen LogP contribution in [0, 0.1) is 6.92 Å². The van der Waals surface area contributed by atoms with Crippen LogP contribution in [0.2, 0.25) is 0 Å². The average molecular weight is 269 g/mol. The van der Waals surface area contributed by atoms with Gasteiger partial charge in [0.25, 0.3) is 0 Å². The minimum atomic E-state index is 0.557. The molecule has 3 heteroatoms. The van der Waals surface area contributed by atoms with E-state index in [0.29, 0.717) is 6.04 Å². The highest BCUT2D eigenvalue weighted by Gasteiger charge is 2.22. The molecule has 1 aliphatic rings. The van der Waals surface area contributed by atoms with Gasteiger partial charge in [0.05, 0.1) is 11.4 Å². The minimum absolute atomic E-state index is 0.557. The molecule has 1 heterocycles. The van der Waals surface area contributed by atoms with E-state index in [1.165, 1.54) is 21.4 Å². The van der Waals surface area contributed by atoms with E-state index in [1.54, 1.807) is 0 Å². The number of benzene rings is 1. The molecule has 1 aromatic rings. The molecule has 1 aromatic carbocycles. The number of nitrogens with one attached hydrogen (secondary N) is 1. The third-order valence-electron chi connectivity index (χ3n) is 2.96. The topological polar surface area (TPSA) is 15.3 Å². The summed E-state index contributed by atoms with van der Waals surface area (Å²) in [5.74, 6) is 0. The first kappa shape index (κ1) is 10.8. The Morgan fingerprint density at radius 2 is 2.27 bits per heavy atom. The Hall–Kier alpha value is -0.700. The Kier molecular flexibility index (Phi) is 2.91. The van der Waals surface area contributed by atoms with Gasteiger partial charge < -0.3 is 10.2 Å². The van der Waals surface area contributed by atoms with E-state index in [9.17, 15) is 0 Å². The number of likely N-dealkylation sites (N-methyl/N-ethyl adjacent to an activating group) is 1. The summed E-state index contributed by atoms with van der Waals surface area (Å²) in [6, 6.07) is 4.96. The van der Waals surface area contributed by atoms with E-state index in [2.05, 4.69) is 59.2 Å². The molecule has 0 aromatic heterocycles. The summed E-state index contributed by atoms with van der Waals surface area (Å²) in [5, 5.41) is 3.58. The largest absolute Gasteiger partial charge is 0.378 e. The number of fused-ring (bicyclic) bond motifs is 1. The molecule has 15 heavy (non-hydrogen) atoms. The first-order chi connectivity index (χ1) is 7.11. The van der Waals surface area contributed by atoms with E-state index in [0.717, 1.165) is 13.0 Å². The quantitative estimate of drug-likeness (QED) is 0.840. The van der Waals surface area contributed by atoms with Gasteiger partial charge in [0, 0.05) is 24.1 Å². The maximum absolute atomic E-state index is 3.63. The summed E-state index contributed by atoms with van der Waals surface area (Å²) in [6.45, 7) is 5.43. The highest BCUT2D eigenvalue weighted by Crippen LogP contribution is 2.37. The van der Waals surface area contributed by atoms with Crippen molar-refractivity contribution in [1.82, 2.24) is 0 Å². The normalized spacial score (nSPS) is 19.7. The number of rotatable bonds is 1. The maximum atomic E-state index is 3.63. The molecule has 0 saturated heterocycles. The molecule has 2 nitrogen and oxygen atoms in total. The summed E-state index contributed by atoms with van der Waals surface area (Å²) in [5.41, 5.74) is 3.83. The second-order valence-corrected chi connectivity index (χ2v) is 5.13. The summed E-state index contributed by atoms with van der Waals surface area (Å²) >= 11 is 3.63. The standard InChI is InChI=1S/C12H17BrN2/c1-4-9-7-15(3)11-6-8(2)5-10(13)12(11)14-9/h5-6,9,14H,4,7H2,1-3H3. The van der Waals surface area contributed by atoms with Crippen LogP contribution in [-0.2, 0) is 0 Å². The highest BCUT2D eigenvalue weighted by atomic mass is 79.9. The molecule has 0 radical (unpaired) electrons. The van der Waals surface area contributed by atoms with Crippen LogP contribution in [0.3, 0.4) is 0 Å². The van der Waals surface area contributed by atoms with E-state index in [1.807, 2.05) is 0 Å². The first-order valence-corrected chi connectivity index (χ1v) is 6.19. The van der Waals surface area contributed by atoms with Crippen LogP contribution >= 0.6 is 15.9 Å². The van der Waals surface area contributed by atoms with Crippen molar-refractivity contribution in [3.05, 3.63) is 22.2 Å². The van der Waals surface area contributed by atoms with E-state index in [-0.39, 0.29) is 0 Å². The van der Waals surface area contributed by atoms with E-state index in [4.69, 9.17) is 0 Å². The SMILES string of the molecule is CCC1CN(C)c2cc(C)cc(Br)c2N1. The van der Waals surface area contributed by atoms with Gasteiger partial charge >= 0.3 is 0 Å². The van der Waals surface area contributed by atoms with Crippen molar-refractivity contribution in [3.63, 3.8) is 0 Å². The van der Waals surface area contributed by atoms with Crippen LogP contribution in [-0.4, -0.2) is 19.6 Å². The lowest BCUT2D eigenvalue weighted by atomic mass is 10.1. The zero-order chi connectivity index (χ0) is 11.0. The Bertz CT molecular complexity index is 376. The molecular weight excluding hydrogens is 252 g/mol. The number of hydrogen-bond acceptors (Lipinski definition) is 2. The Morgan fingerprint density at radius 1 is 1.53 bits per heavy atom. The summed E-state index contributed by atoms with van der Waals surface area (Å²) in [6.07, 6.45) is 1.16. The fraction of sp³-hybridized carbons (Fsp3) is 0.500. The number of halogens is 1. The summed E-state index contributed by atoms with van der Waals surface area (Å²) in [7, 11) is 2.16. The Balaban J connectivity index is 2.45. The van der Waals surface area contributed by atoms with Gasteiger partial charge in [0.15, 0.2) is 0 Å². The molecule has 0 bridgehead atoms. The van der Waals surface area contributed by atoms with Crippen LogP contribution < -0.4 is 10.2 Å². The zero-order valence-corrected chi connectivity index (χ0v) is 11.1. The Morgan fingerprint density at radius 3 is 2.93 bits per heavy atom. The van der Waals surface area contributed by atoms with Crippen molar-refractivity contribution >= 4 is 27.3 Å². The number of anilines is 2. The first-order valence-electron chi connectivity index (χ1n) is 5.39. The molecule has 0 saturated carbocycles. The molecule has 1 atom stereocenters. The minimum Gasteiger partial charge on any atom is -0.378 e. The number of nitrogens with zero attached hydrogens (tertiary/aromatic N) is 1. The fourth-order valence-electron chi connectivity index (χ4n) is 2.08. The van der Waals surface area contributed by atoms with Crippen LogP contribution in [0.4, 0.5) is 11.4 Å². The summed E-state index contributed by atoms with van der Waals surface area (Å²) in [4.78, 5) is 2.33. The Labute approximate surface area is 99.8 Å². The predicted octanol–water partition coefficient (Wildman–Crippen LogP) is 3.40. The third-order valence-corrected chi connectivity index (χ3v) is 3.59. The van der Waals surface area contributed by atoms with Crippen LogP contribution in [0.25, 0.3) is 0 Å². The molecule has 0 spiro atoms. The smallest absolute Gasteiger partial charge is 0.0725 e. The monoisotopic (exact) mass is 268 g/mol. The summed E-state index contributed by atoms with van der Waals surface area (Å²) < 4.78 is 1.17. The van der Waals surface area contributed by atoms with E-state index >= 15 is 0 Å². The van der Waals surface area contributed by atoms with Gasteiger partial charge in [0.1, 0.15) is 0 Å². The van der Waals surface area contributed by atoms with E-state index < -0.39 is 0 Å². The number of hydrogen-bond donors (Lipinski definition) is 1. The molecular formula is C12H17BrN2. The molecule has 0 fully saturated rings. The molecule has 2 rings (SSSR count). The van der Waals surface area contributed by atoms with Gasteiger partial charge in [-0.3, -0.25) is 0 Å². The average Bonchev–Trinajstić information content (AvgIpc) is 2.19. The predicted molar refractivity (Wildman–Crippen MR) is 69.9 cm³/mol. The van der Waals surface area contributed by atoms with Crippen LogP contribution in [0.15, 0.2) is 16.6 Å². The van der Waals surface area contributed by atoms with Gasteiger partial charge in [0.2, 0.25) is 0 Å². The molecule has 0 aliphatic carbocycles. The van der Waals surface area contributed by atoms with Crippen molar-refractivity contribution in [3.8, 4) is 0 Å². The molecule has 1 aliphatic heterocycles. The molecule has 0 amide bonds. The lowest BCUT2D eigenvalue weighted by Gasteiger charge is -2.35. The molecule has 82 valence electrons. The second-order valence-electron chi connectivity index (χ2n) is 4.27. The van der Waals surface area contributed by atoms with Crippen molar-refractivity contribution in [2.45, 2.75) is 26.3 Å². The van der Waals surface area contributed by atoms with Crippen molar-refractivity contribution in [2.75, 3.05) is 23.8 Å². The molecule has 1 unspecified atom stereocenters. The molecule has 1 N–H and O–H groups in total. The van der Waals surface area contributed by atoms with Crippen LogP contribution in [0.5, 0.6) is 0 Å². The zero-order valence-electron chi connectivity index (χ0n) is 9.47. The van der Waals surface area contributed by atoms with Gasteiger partial charge in [-0.1, -0.05) is 6.92 Å². The second kappa shape index (κ2) is 4.05. The van der Waals surface area contributed by atoms with Gasteiger partial charge in [-0.2, -0.15) is 0 Å². The lowest BCUT2D eigenvalue weighted by Crippen LogP contribution is -2.39. The number of aryl methyl sites for hydroxylation is 1. The van der Waals surface area contributed by atoms with Crippen molar-refractivity contribution in [1.29, 1.82) is 0 Å². The van der Waals surface area contributed by atoms with Gasteiger partial charge in [-0.25, -0.2) is 0 Å². The highest BCUT2D eigenvalue weighted by molar-refractivity contribution is 9.10. The fourth-order valence-corrected chi connectivity index (χ4v) is 2.76. The van der Waals surface area contributed by atoms with Crippen LogP contribution in [0.1, 0.15) is 18.9 Å². The van der Waals surface area contributed by atoms with Crippen molar-refractivity contribution < 1.29 is 0 Å².